The molecular weight excluding hydrogens is 278 g/mol. The van der Waals surface area contributed by atoms with E-state index in [1.165, 1.54) is 21.9 Å². The Hall–Kier alpha value is -2.93. The molecule has 0 bridgehead atoms. The SMILES string of the molecule is Cc1nc(-c2ccccc2)c(-c2ccccc2)c2ccccc12. The van der Waals surface area contributed by atoms with Gasteiger partial charge >= 0.3 is 0 Å². The third kappa shape index (κ3) is 2.40. The van der Waals surface area contributed by atoms with E-state index in [0.717, 1.165) is 17.0 Å². The Morgan fingerprint density at radius 1 is 0.565 bits per heavy atom. The molecule has 0 atom stereocenters. The second kappa shape index (κ2) is 5.69. The first-order valence-electron chi connectivity index (χ1n) is 7.85. The van der Waals surface area contributed by atoms with Gasteiger partial charge in [0.15, 0.2) is 0 Å². The summed E-state index contributed by atoms with van der Waals surface area (Å²) in [5.41, 5.74) is 5.68. The quantitative estimate of drug-likeness (QED) is 0.450. The van der Waals surface area contributed by atoms with Crippen LogP contribution in [0.2, 0.25) is 0 Å². The van der Waals surface area contributed by atoms with Crippen molar-refractivity contribution in [3.05, 3.63) is 90.6 Å². The number of aromatic nitrogens is 1. The van der Waals surface area contributed by atoms with E-state index in [9.17, 15) is 0 Å². The molecule has 1 aromatic heterocycles. The van der Waals surface area contributed by atoms with Crippen LogP contribution in [0.4, 0.5) is 0 Å². The lowest BCUT2D eigenvalue weighted by Gasteiger charge is -2.15. The number of nitrogens with zero attached hydrogens (tertiary/aromatic N) is 1. The van der Waals surface area contributed by atoms with E-state index in [4.69, 9.17) is 4.98 Å². The van der Waals surface area contributed by atoms with Crippen molar-refractivity contribution in [1.82, 2.24) is 4.98 Å². The molecule has 4 rings (SSSR count). The summed E-state index contributed by atoms with van der Waals surface area (Å²) >= 11 is 0. The molecule has 4 aromatic rings. The monoisotopic (exact) mass is 295 g/mol. The van der Waals surface area contributed by atoms with Crippen LogP contribution in [0.1, 0.15) is 5.69 Å². The molecule has 110 valence electrons. The van der Waals surface area contributed by atoms with Crippen molar-refractivity contribution in [2.75, 3.05) is 0 Å². The highest BCUT2D eigenvalue weighted by molar-refractivity contribution is 6.03. The maximum absolute atomic E-state index is 4.95. The molecule has 1 heterocycles. The number of rotatable bonds is 2. The third-order valence-corrected chi connectivity index (χ3v) is 4.21. The zero-order valence-corrected chi connectivity index (χ0v) is 13.0. The minimum absolute atomic E-state index is 1.05. The van der Waals surface area contributed by atoms with Gasteiger partial charge in [0.2, 0.25) is 0 Å². The smallest absolute Gasteiger partial charge is 0.0789 e. The molecule has 23 heavy (non-hydrogen) atoms. The molecule has 0 unspecified atom stereocenters. The number of aryl methyl sites for hydroxylation is 1. The van der Waals surface area contributed by atoms with E-state index in [-0.39, 0.29) is 0 Å². The van der Waals surface area contributed by atoms with E-state index >= 15 is 0 Å². The van der Waals surface area contributed by atoms with Gasteiger partial charge in [0.1, 0.15) is 0 Å². The molecule has 0 fully saturated rings. The molecule has 0 saturated heterocycles. The molecule has 0 aliphatic heterocycles. The predicted molar refractivity (Wildman–Crippen MR) is 97.4 cm³/mol. The van der Waals surface area contributed by atoms with Crippen LogP contribution in [0, 0.1) is 6.92 Å². The number of fused-ring (bicyclic) bond motifs is 1. The van der Waals surface area contributed by atoms with Crippen molar-refractivity contribution in [3.8, 4) is 22.4 Å². The Morgan fingerprint density at radius 2 is 1.09 bits per heavy atom. The Bertz CT molecular complexity index is 957. The van der Waals surface area contributed by atoms with E-state index in [2.05, 4.69) is 85.8 Å². The summed E-state index contributed by atoms with van der Waals surface area (Å²) in [6.45, 7) is 2.09. The average molecular weight is 295 g/mol. The highest BCUT2D eigenvalue weighted by Gasteiger charge is 2.14. The van der Waals surface area contributed by atoms with Crippen LogP contribution in [0.5, 0.6) is 0 Å². The topological polar surface area (TPSA) is 12.9 Å². The Labute approximate surface area is 136 Å². The van der Waals surface area contributed by atoms with Gasteiger partial charge in [-0.3, -0.25) is 4.98 Å². The summed E-state index contributed by atoms with van der Waals surface area (Å²) < 4.78 is 0. The minimum atomic E-state index is 1.05. The maximum Gasteiger partial charge on any atom is 0.0789 e. The molecule has 0 aliphatic carbocycles. The van der Waals surface area contributed by atoms with Gasteiger partial charge in [-0.2, -0.15) is 0 Å². The number of pyridine rings is 1. The van der Waals surface area contributed by atoms with E-state index in [1.807, 2.05) is 6.07 Å². The van der Waals surface area contributed by atoms with E-state index in [1.54, 1.807) is 0 Å². The molecule has 0 spiro atoms. The number of benzene rings is 3. The lowest BCUT2D eigenvalue weighted by Crippen LogP contribution is -1.95. The van der Waals surface area contributed by atoms with Gasteiger partial charge in [-0.1, -0.05) is 84.9 Å². The predicted octanol–water partition coefficient (Wildman–Crippen LogP) is 5.88. The van der Waals surface area contributed by atoms with Crippen LogP contribution in [-0.2, 0) is 0 Å². The highest BCUT2D eigenvalue weighted by Crippen LogP contribution is 2.37. The number of hydrogen-bond donors (Lipinski definition) is 0. The summed E-state index contributed by atoms with van der Waals surface area (Å²) in [7, 11) is 0. The average Bonchev–Trinajstić information content (AvgIpc) is 2.63. The zero-order valence-electron chi connectivity index (χ0n) is 13.0. The first kappa shape index (κ1) is 13.7. The molecule has 0 saturated carbocycles. The molecule has 0 N–H and O–H groups in total. The van der Waals surface area contributed by atoms with Crippen LogP contribution in [0.25, 0.3) is 33.2 Å². The molecule has 0 amide bonds. The van der Waals surface area contributed by atoms with Crippen LogP contribution >= 0.6 is 0 Å². The van der Waals surface area contributed by atoms with Crippen molar-refractivity contribution in [1.29, 1.82) is 0 Å². The lowest BCUT2D eigenvalue weighted by molar-refractivity contribution is 1.24. The first-order valence-corrected chi connectivity index (χ1v) is 7.85. The van der Waals surface area contributed by atoms with Crippen molar-refractivity contribution in [3.63, 3.8) is 0 Å². The second-order valence-corrected chi connectivity index (χ2v) is 5.70. The van der Waals surface area contributed by atoms with Gasteiger partial charge in [0.05, 0.1) is 5.69 Å². The summed E-state index contributed by atoms with van der Waals surface area (Å²) in [5, 5.41) is 2.47. The molecule has 0 radical (unpaired) electrons. The van der Waals surface area contributed by atoms with Crippen LogP contribution in [-0.4, -0.2) is 4.98 Å². The zero-order chi connectivity index (χ0) is 15.6. The molecule has 0 aliphatic rings. The summed E-state index contributed by atoms with van der Waals surface area (Å²) in [4.78, 5) is 4.95. The largest absolute Gasteiger partial charge is 0.252 e. The second-order valence-electron chi connectivity index (χ2n) is 5.70. The van der Waals surface area contributed by atoms with E-state index < -0.39 is 0 Å². The van der Waals surface area contributed by atoms with Gasteiger partial charge in [0.25, 0.3) is 0 Å². The van der Waals surface area contributed by atoms with Gasteiger partial charge in [0, 0.05) is 22.2 Å². The van der Waals surface area contributed by atoms with Gasteiger partial charge < -0.3 is 0 Å². The lowest BCUT2D eigenvalue weighted by atomic mass is 9.93. The van der Waals surface area contributed by atoms with Crippen molar-refractivity contribution in [2.45, 2.75) is 6.92 Å². The maximum atomic E-state index is 4.95. The Kier molecular flexibility index (Phi) is 3.39. The van der Waals surface area contributed by atoms with Gasteiger partial charge in [-0.05, 0) is 17.9 Å². The van der Waals surface area contributed by atoms with Gasteiger partial charge in [-0.15, -0.1) is 0 Å². The summed E-state index contributed by atoms with van der Waals surface area (Å²) in [5.74, 6) is 0. The minimum Gasteiger partial charge on any atom is -0.252 e. The normalized spacial score (nSPS) is 10.8. The van der Waals surface area contributed by atoms with Crippen molar-refractivity contribution in [2.24, 2.45) is 0 Å². The van der Waals surface area contributed by atoms with Crippen LogP contribution in [0.3, 0.4) is 0 Å². The Balaban J connectivity index is 2.14. The first-order chi connectivity index (χ1) is 11.3. The van der Waals surface area contributed by atoms with Crippen molar-refractivity contribution >= 4 is 10.8 Å². The fourth-order valence-electron chi connectivity index (χ4n) is 3.13. The standard InChI is InChI=1S/C22H17N/c1-16-19-14-8-9-15-20(19)21(17-10-4-2-5-11-17)22(23-16)18-12-6-3-7-13-18/h2-15H,1H3. The highest BCUT2D eigenvalue weighted by atomic mass is 14.7. The fraction of sp³-hybridized carbons (Fsp3) is 0.0455. The molecule has 1 nitrogen and oxygen atoms in total. The fourth-order valence-corrected chi connectivity index (χ4v) is 3.13. The van der Waals surface area contributed by atoms with Crippen LogP contribution < -0.4 is 0 Å². The molecule has 3 aromatic carbocycles. The Morgan fingerprint density at radius 3 is 1.74 bits per heavy atom. The third-order valence-electron chi connectivity index (χ3n) is 4.21. The van der Waals surface area contributed by atoms with Gasteiger partial charge in [-0.25, -0.2) is 0 Å². The summed E-state index contributed by atoms with van der Waals surface area (Å²) in [6.07, 6.45) is 0. The number of hydrogen-bond acceptors (Lipinski definition) is 1. The molecular formula is C22H17N. The van der Waals surface area contributed by atoms with Crippen molar-refractivity contribution < 1.29 is 0 Å². The van der Waals surface area contributed by atoms with Crippen LogP contribution in [0.15, 0.2) is 84.9 Å². The molecule has 1 heteroatoms. The summed E-state index contributed by atoms with van der Waals surface area (Å²) in [6, 6.07) is 29.5. The van der Waals surface area contributed by atoms with E-state index in [0.29, 0.717) is 0 Å².